The maximum Gasteiger partial charge on any atom is 0.369 e. The van der Waals surface area contributed by atoms with Gasteiger partial charge in [0.25, 0.3) is 0 Å². The smallest absolute Gasteiger partial charge is 0.0930 e. The molecule has 0 unspecified atom stereocenters. The van der Waals surface area contributed by atoms with Crippen LogP contribution in [0.2, 0.25) is 0 Å². The van der Waals surface area contributed by atoms with Gasteiger partial charge in [0.1, 0.15) is 0 Å². The van der Waals surface area contributed by atoms with Gasteiger partial charge in [-0.15, -0.1) is 0 Å². The van der Waals surface area contributed by atoms with E-state index >= 15 is 0 Å². The zero-order valence-corrected chi connectivity index (χ0v) is 12.9. The van der Waals surface area contributed by atoms with Crippen LogP contribution in [0, 0.1) is 13.4 Å². The normalized spacial score (nSPS) is 10.5. The molecule has 15 heavy (non-hydrogen) atoms. The van der Waals surface area contributed by atoms with E-state index in [4.69, 9.17) is 0 Å². The monoisotopic (exact) mass is 393 g/mol. The summed E-state index contributed by atoms with van der Waals surface area (Å²) in [5, 5.41) is 0.952. The second kappa shape index (κ2) is 5.46. The summed E-state index contributed by atoms with van der Waals surface area (Å²) in [6, 6.07) is 13.4. The quantitative estimate of drug-likeness (QED) is 0.540. The Morgan fingerprint density at radius 1 is 1.27 bits per heavy atom. The van der Waals surface area contributed by atoms with Gasteiger partial charge in [0.05, 0.1) is 0 Å². The summed E-state index contributed by atoms with van der Waals surface area (Å²) in [7, 11) is 0. The molecule has 2 rings (SSSR count). The van der Waals surface area contributed by atoms with Crippen molar-refractivity contribution in [2.24, 2.45) is 0 Å². The summed E-state index contributed by atoms with van der Waals surface area (Å²) in [6.45, 7) is 2.17. The first-order chi connectivity index (χ1) is 7.28. The van der Waals surface area contributed by atoms with Gasteiger partial charge in [-0.05, 0) is 30.7 Å². The molecule has 1 aromatic heterocycles. The molecule has 0 aliphatic heterocycles. The topological polar surface area (TPSA) is 0 Å². The van der Waals surface area contributed by atoms with Gasteiger partial charge in [-0.25, -0.2) is 0 Å². The van der Waals surface area contributed by atoms with E-state index < -0.39 is 0 Å². The van der Waals surface area contributed by atoms with Crippen LogP contribution in [-0.4, -0.2) is 0 Å². The zero-order valence-electron chi connectivity index (χ0n) is 8.34. The molecule has 0 saturated heterocycles. The molecule has 0 amide bonds. The molecule has 2 aromatic rings. The maximum atomic E-state index is 3.50. The minimum absolute atomic E-state index is 0.0243. The Labute approximate surface area is 113 Å². The van der Waals surface area contributed by atoms with Crippen LogP contribution in [0.25, 0.3) is 0 Å². The van der Waals surface area contributed by atoms with E-state index in [1.165, 1.54) is 14.0 Å². The lowest BCUT2D eigenvalue weighted by Gasteiger charge is -1.91. The van der Waals surface area contributed by atoms with Crippen molar-refractivity contribution in [2.75, 3.05) is 0 Å². The van der Waals surface area contributed by atoms with Crippen LogP contribution >= 0.6 is 27.3 Å². The standard InChI is InChI=1S/C12H11BrIS/c1-9-5-6-12(15-9)14-11-4-2-3-10(7-11)8-13/h2-7H,8H2,1H3/q+1. The van der Waals surface area contributed by atoms with E-state index in [-0.39, 0.29) is 21.2 Å². The highest BCUT2D eigenvalue weighted by Crippen LogP contribution is 2.06. The zero-order chi connectivity index (χ0) is 10.7. The molecule has 0 saturated carbocycles. The Hall–Kier alpha value is 0.130. The summed E-state index contributed by atoms with van der Waals surface area (Å²) < 4.78 is 3.06. The summed E-state index contributed by atoms with van der Waals surface area (Å²) >= 11 is 5.45. The Morgan fingerprint density at radius 3 is 2.80 bits per heavy atom. The van der Waals surface area contributed by atoms with Crippen molar-refractivity contribution in [1.82, 2.24) is 0 Å². The molecule has 78 valence electrons. The lowest BCUT2D eigenvalue weighted by molar-refractivity contribution is -0.591. The first-order valence-electron chi connectivity index (χ1n) is 4.64. The molecule has 0 N–H and O–H groups in total. The van der Waals surface area contributed by atoms with Crippen LogP contribution in [-0.2, 0) is 5.33 Å². The lowest BCUT2D eigenvalue weighted by atomic mass is 10.2. The first kappa shape index (κ1) is 11.6. The third-order valence-electron chi connectivity index (χ3n) is 1.95. The third-order valence-corrected chi connectivity index (χ3v) is 6.75. The molecule has 3 heteroatoms. The summed E-state index contributed by atoms with van der Waals surface area (Å²) in [6.07, 6.45) is 0. The average Bonchev–Trinajstić information content (AvgIpc) is 2.64. The predicted molar refractivity (Wildman–Crippen MR) is 65.5 cm³/mol. The number of aryl methyl sites for hydroxylation is 1. The molecule has 0 atom stereocenters. The molecule has 1 heterocycles. The summed E-state index contributed by atoms with van der Waals surface area (Å²) in [5.74, 6) is 0. The summed E-state index contributed by atoms with van der Waals surface area (Å²) in [4.78, 5) is 1.42. The van der Waals surface area contributed by atoms with Crippen molar-refractivity contribution in [1.29, 1.82) is 0 Å². The fourth-order valence-corrected chi connectivity index (χ4v) is 6.10. The highest BCUT2D eigenvalue weighted by atomic mass is 127. The van der Waals surface area contributed by atoms with E-state index in [0.29, 0.717) is 0 Å². The Kier molecular flexibility index (Phi) is 4.22. The van der Waals surface area contributed by atoms with Gasteiger partial charge < -0.3 is 0 Å². The van der Waals surface area contributed by atoms with Crippen LogP contribution in [0.4, 0.5) is 0 Å². The predicted octanol–water partition coefficient (Wildman–Crippen LogP) is 1.08. The van der Waals surface area contributed by atoms with E-state index in [2.05, 4.69) is 59.3 Å². The Morgan fingerprint density at radius 2 is 2.13 bits per heavy atom. The Balaban J connectivity index is 2.16. The molecule has 1 aromatic carbocycles. The third kappa shape index (κ3) is 3.29. The fraction of sp³-hybridized carbons (Fsp3) is 0.167. The molecule has 0 spiro atoms. The van der Waals surface area contributed by atoms with E-state index in [1.807, 2.05) is 11.3 Å². The van der Waals surface area contributed by atoms with Gasteiger partial charge in [0, 0.05) is 16.3 Å². The van der Waals surface area contributed by atoms with Gasteiger partial charge in [0.15, 0.2) is 3.57 Å². The van der Waals surface area contributed by atoms with Crippen molar-refractivity contribution in [3.8, 4) is 0 Å². The highest BCUT2D eigenvalue weighted by molar-refractivity contribution is 9.08. The van der Waals surface area contributed by atoms with Gasteiger partial charge in [0.2, 0.25) is 2.88 Å². The fourth-order valence-electron chi connectivity index (χ4n) is 1.24. The lowest BCUT2D eigenvalue weighted by Crippen LogP contribution is -3.61. The van der Waals surface area contributed by atoms with Crippen molar-refractivity contribution in [3.05, 3.63) is 53.3 Å². The van der Waals surface area contributed by atoms with Gasteiger partial charge >= 0.3 is 21.2 Å². The molecular weight excluding hydrogens is 383 g/mol. The molecule has 0 bridgehead atoms. The number of halogens is 2. The molecule has 0 fully saturated rings. The molecule has 0 radical (unpaired) electrons. The van der Waals surface area contributed by atoms with Crippen molar-refractivity contribution in [3.63, 3.8) is 0 Å². The largest absolute Gasteiger partial charge is 0.369 e. The van der Waals surface area contributed by atoms with Gasteiger partial charge in [-0.1, -0.05) is 39.4 Å². The number of benzene rings is 1. The SMILES string of the molecule is Cc1ccc([I+]c2cccc(CBr)c2)s1. The first-order valence-corrected chi connectivity index (χ1v) is 8.73. The highest BCUT2D eigenvalue weighted by Gasteiger charge is 2.17. The Bertz CT molecular complexity index is 450. The molecule has 0 aliphatic carbocycles. The maximum absolute atomic E-state index is 3.50. The second-order valence-corrected chi connectivity index (χ2v) is 8.74. The molecular formula is C12H11BrIS+. The van der Waals surface area contributed by atoms with Crippen LogP contribution in [0.15, 0.2) is 36.4 Å². The van der Waals surface area contributed by atoms with Crippen LogP contribution in [0.5, 0.6) is 0 Å². The average molecular weight is 394 g/mol. The number of hydrogen-bond donors (Lipinski definition) is 0. The van der Waals surface area contributed by atoms with Crippen molar-refractivity contribution in [2.45, 2.75) is 12.3 Å². The van der Waals surface area contributed by atoms with Crippen molar-refractivity contribution >= 4 is 27.3 Å². The molecule has 0 aliphatic rings. The summed E-state index contributed by atoms with van der Waals surface area (Å²) in [5.41, 5.74) is 1.38. The van der Waals surface area contributed by atoms with Crippen LogP contribution in [0.1, 0.15) is 10.4 Å². The van der Waals surface area contributed by atoms with E-state index in [0.717, 1.165) is 5.33 Å². The van der Waals surface area contributed by atoms with Crippen LogP contribution in [0.3, 0.4) is 0 Å². The van der Waals surface area contributed by atoms with E-state index in [1.54, 1.807) is 2.88 Å². The van der Waals surface area contributed by atoms with Crippen LogP contribution < -0.4 is 21.2 Å². The minimum atomic E-state index is 0.0243. The number of alkyl halides is 1. The number of rotatable bonds is 3. The number of thiophene rings is 1. The van der Waals surface area contributed by atoms with Gasteiger partial charge in [-0.2, -0.15) is 0 Å². The molecule has 0 nitrogen and oxygen atoms in total. The minimum Gasteiger partial charge on any atom is -0.0930 e. The number of hydrogen-bond acceptors (Lipinski definition) is 1. The van der Waals surface area contributed by atoms with Gasteiger partial charge in [-0.3, -0.25) is 0 Å². The van der Waals surface area contributed by atoms with E-state index in [9.17, 15) is 0 Å². The van der Waals surface area contributed by atoms with Crippen molar-refractivity contribution < 1.29 is 21.2 Å². The second-order valence-electron chi connectivity index (χ2n) is 3.21.